The second-order valence-corrected chi connectivity index (χ2v) is 4.54. The van der Waals surface area contributed by atoms with Crippen LogP contribution in [0.2, 0.25) is 0 Å². The standard InChI is InChI=1S/C9H12O5S/c1-14-8(12)2-5-4-15-6(9(5)13)3-7(10)11/h5-6H,2-4H2,1H3,(H,10,11). The van der Waals surface area contributed by atoms with Gasteiger partial charge in [-0.1, -0.05) is 0 Å². The van der Waals surface area contributed by atoms with Crippen molar-refractivity contribution in [3.05, 3.63) is 0 Å². The molecule has 0 aliphatic carbocycles. The lowest BCUT2D eigenvalue weighted by Gasteiger charge is -2.06. The minimum atomic E-state index is -0.987. The van der Waals surface area contributed by atoms with Gasteiger partial charge in [-0.3, -0.25) is 14.4 Å². The van der Waals surface area contributed by atoms with E-state index in [1.54, 1.807) is 0 Å². The minimum absolute atomic E-state index is 0.0540. The second kappa shape index (κ2) is 5.16. The Morgan fingerprint density at radius 2 is 2.20 bits per heavy atom. The Balaban J connectivity index is 2.49. The first kappa shape index (κ1) is 12.0. The van der Waals surface area contributed by atoms with Gasteiger partial charge in [0.15, 0.2) is 5.78 Å². The van der Waals surface area contributed by atoms with E-state index in [-0.39, 0.29) is 24.5 Å². The van der Waals surface area contributed by atoms with Crippen LogP contribution in [-0.2, 0) is 19.1 Å². The van der Waals surface area contributed by atoms with E-state index in [1.807, 2.05) is 0 Å². The predicted molar refractivity (Wildman–Crippen MR) is 53.6 cm³/mol. The van der Waals surface area contributed by atoms with Crippen molar-refractivity contribution < 1.29 is 24.2 Å². The van der Waals surface area contributed by atoms with Gasteiger partial charge in [-0.15, -0.1) is 11.8 Å². The number of aliphatic carboxylic acids is 1. The van der Waals surface area contributed by atoms with Gasteiger partial charge in [0.1, 0.15) is 0 Å². The molecule has 0 aromatic carbocycles. The molecule has 1 aliphatic rings. The van der Waals surface area contributed by atoms with Crippen LogP contribution in [0.3, 0.4) is 0 Å². The maximum Gasteiger partial charge on any atom is 0.306 e. The third kappa shape index (κ3) is 3.23. The fraction of sp³-hybridized carbons (Fsp3) is 0.667. The van der Waals surface area contributed by atoms with Gasteiger partial charge in [0.2, 0.25) is 0 Å². The van der Waals surface area contributed by atoms with Gasteiger partial charge in [-0.2, -0.15) is 0 Å². The molecule has 0 radical (unpaired) electrons. The largest absolute Gasteiger partial charge is 0.481 e. The normalized spacial score (nSPS) is 25.3. The summed E-state index contributed by atoms with van der Waals surface area (Å²) in [4.78, 5) is 33.0. The Bertz CT molecular complexity index is 288. The van der Waals surface area contributed by atoms with Crippen molar-refractivity contribution >= 4 is 29.5 Å². The first-order valence-corrected chi connectivity index (χ1v) is 5.53. The van der Waals surface area contributed by atoms with Crippen LogP contribution in [0.5, 0.6) is 0 Å². The van der Waals surface area contributed by atoms with Crippen LogP contribution in [0, 0.1) is 5.92 Å². The van der Waals surface area contributed by atoms with Gasteiger partial charge in [-0.05, 0) is 0 Å². The molecule has 5 nitrogen and oxygen atoms in total. The molecule has 1 saturated heterocycles. The number of ketones is 1. The summed E-state index contributed by atoms with van der Waals surface area (Å²) in [7, 11) is 1.27. The molecule has 1 heterocycles. The number of rotatable bonds is 4. The van der Waals surface area contributed by atoms with Crippen LogP contribution >= 0.6 is 11.8 Å². The highest BCUT2D eigenvalue weighted by Crippen LogP contribution is 2.32. The minimum Gasteiger partial charge on any atom is -0.481 e. The molecule has 6 heteroatoms. The van der Waals surface area contributed by atoms with Crippen molar-refractivity contribution in [1.29, 1.82) is 0 Å². The number of carbonyl (C=O) groups is 3. The summed E-state index contributed by atoms with van der Waals surface area (Å²) in [6, 6.07) is 0. The molecule has 0 aromatic rings. The quantitative estimate of drug-likeness (QED) is 0.703. The summed E-state index contributed by atoms with van der Waals surface area (Å²) in [5.74, 6) is -1.43. The van der Waals surface area contributed by atoms with E-state index in [4.69, 9.17) is 5.11 Å². The zero-order valence-electron chi connectivity index (χ0n) is 8.26. The van der Waals surface area contributed by atoms with Crippen LogP contribution in [0.1, 0.15) is 12.8 Å². The summed E-state index contributed by atoms with van der Waals surface area (Å²) in [6.07, 6.45) is -0.111. The van der Waals surface area contributed by atoms with Crippen LogP contribution in [0.25, 0.3) is 0 Å². The number of carbonyl (C=O) groups excluding carboxylic acids is 2. The Morgan fingerprint density at radius 1 is 1.53 bits per heavy atom. The topological polar surface area (TPSA) is 80.7 Å². The summed E-state index contributed by atoms with van der Waals surface area (Å²) < 4.78 is 4.46. The van der Waals surface area contributed by atoms with Crippen molar-refractivity contribution in [2.45, 2.75) is 18.1 Å². The molecule has 0 bridgehead atoms. The third-order valence-corrected chi connectivity index (χ3v) is 3.62. The Morgan fingerprint density at radius 3 is 2.73 bits per heavy atom. The zero-order valence-corrected chi connectivity index (χ0v) is 9.08. The van der Waals surface area contributed by atoms with Crippen molar-refractivity contribution in [3.8, 4) is 0 Å². The first-order chi connectivity index (χ1) is 7.04. The summed E-state index contributed by atoms with van der Waals surface area (Å²) >= 11 is 1.30. The van der Waals surface area contributed by atoms with Crippen LogP contribution in [0.4, 0.5) is 0 Å². The van der Waals surface area contributed by atoms with E-state index < -0.39 is 17.2 Å². The van der Waals surface area contributed by atoms with Gasteiger partial charge < -0.3 is 9.84 Å². The fourth-order valence-corrected chi connectivity index (χ4v) is 2.79. The predicted octanol–water partition coefficient (Wildman–Crippen LogP) is 0.325. The highest BCUT2D eigenvalue weighted by Gasteiger charge is 2.37. The van der Waals surface area contributed by atoms with E-state index in [0.29, 0.717) is 5.75 Å². The van der Waals surface area contributed by atoms with Gasteiger partial charge in [0, 0.05) is 11.7 Å². The number of esters is 1. The maximum absolute atomic E-state index is 11.6. The molecule has 84 valence electrons. The molecule has 2 atom stereocenters. The van der Waals surface area contributed by atoms with Crippen LogP contribution in [0.15, 0.2) is 0 Å². The van der Waals surface area contributed by atoms with E-state index >= 15 is 0 Å². The highest BCUT2D eigenvalue weighted by atomic mass is 32.2. The number of carboxylic acids is 1. The van der Waals surface area contributed by atoms with Crippen molar-refractivity contribution in [2.24, 2.45) is 5.92 Å². The average Bonchev–Trinajstić information content (AvgIpc) is 2.49. The molecule has 2 unspecified atom stereocenters. The molecule has 15 heavy (non-hydrogen) atoms. The number of carboxylic acid groups (broad SMARTS) is 1. The molecule has 0 amide bonds. The number of hydrogen-bond acceptors (Lipinski definition) is 5. The molecular formula is C9H12O5S. The molecule has 0 saturated carbocycles. The molecule has 0 spiro atoms. The van der Waals surface area contributed by atoms with Crippen molar-refractivity contribution in [1.82, 2.24) is 0 Å². The van der Waals surface area contributed by atoms with E-state index in [0.717, 1.165) is 0 Å². The number of thioether (sulfide) groups is 1. The molecule has 1 aliphatic heterocycles. The Kier molecular flexibility index (Phi) is 4.14. The number of hydrogen-bond donors (Lipinski definition) is 1. The lowest BCUT2D eigenvalue weighted by atomic mass is 9.99. The number of Topliss-reactive ketones (excluding diaryl/α,β-unsaturated/α-hetero) is 1. The zero-order chi connectivity index (χ0) is 11.4. The Labute approximate surface area is 91.2 Å². The Hall–Kier alpha value is -1.04. The van der Waals surface area contributed by atoms with Crippen molar-refractivity contribution in [3.63, 3.8) is 0 Å². The molecule has 1 rings (SSSR count). The molecular weight excluding hydrogens is 220 g/mol. The summed E-state index contributed by atoms with van der Waals surface area (Å²) in [6.45, 7) is 0. The highest BCUT2D eigenvalue weighted by molar-refractivity contribution is 8.01. The third-order valence-electron chi connectivity index (χ3n) is 2.22. The van der Waals surface area contributed by atoms with Gasteiger partial charge in [0.25, 0.3) is 0 Å². The monoisotopic (exact) mass is 232 g/mol. The van der Waals surface area contributed by atoms with Gasteiger partial charge >= 0.3 is 11.9 Å². The SMILES string of the molecule is COC(=O)CC1CSC(CC(=O)O)C1=O. The first-order valence-electron chi connectivity index (χ1n) is 4.48. The summed E-state index contributed by atoms with van der Waals surface area (Å²) in [5.41, 5.74) is 0. The lowest BCUT2D eigenvalue weighted by molar-refractivity contribution is -0.143. The van der Waals surface area contributed by atoms with E-state index in [2.05, 4.69) is 4.74 Å². The van der Waals surface area contributed by atoms with Gasteiger partial charge in [0.05, 0.1) is 25.2 Å². The van der Waals surface area contributed by atoms with Gasteiger partial charge in [-0.25, -0.2) is 0 Å². The second-order valence-electron chi connectivity index (χ2n) is 3.30. The molecule has 0 aromatic heterocycles. The molecule has 1 N–H and O–H groups in total. The smallest absolute Gasteiger partial charge is 0.306 e. The van der Waals surface area contributed by atoms with Crippen LogP contribution < -0.4 is 0 Å². The van der Waals surface area contributed by atoms with Crippen molar-refractivity contribution in [2.75, 3.05) is 12.9 Å². The fourth-order valence-electron chi connectivity index (χ4n) is 1.42. The van der Waals surface area contributed by atoms with E-state index in [9.17, 15) is 14.4 Å². The average molecular weight is 232 g/mol. The maximum atomic E-state index is 11.6. The summed E-state index contributed by atoms with van der Waals surface area (Å²) in [5, 5.41) is 8.05. The van der Waals surface area contributed by atoms with E-state index in [1.165, 1.54) is 18.9 Å². The number of methoxy groups -OCH3 is 1. The van der Waals surface area contributed by atoms with Crippen LogP contribution in [-0.4, -0.2) is 40.9 Å². The lowest BCUT2D eigenvalue weighted by Crippen LogP contribution is -2.23. The number of ether oxygens (including phenoxy) is 1. The molecule has 1 fully saturated rings.